The van der Waals surface area contributed by atoms with Gasteiger partial charge in [0.1, 0.15) is 6.54 Å². The Labute approximate surface area is 183 Å². The summed E-state index contributed by atoms with van der Waals surface area (Å²) in [4.78, 5) is 12.6. The number of nitrogens with one attached hydrogen (secondary N) is 1. The number of anilines is 1. The van der Waals surface area contributed by atoms with Crippen LogP contribution < -0.4 is 5.32 Å². The highest BCUT2D eigenvalue weighted by Crippen LogP contribution is 2.31. The van der Waals surface area contributed by atoms with Crippen molar-refractivity contribution in [3.8, 4) is 22.9 Å². The quantitative estimate of drug-likeness (QED) is 0.392. The first-order valence-electron chi connectivity index (χ1n) is 9.70. The van der Waals surface area contributed by atoms with Crippen molar-refractivity contribution in [3.63, 3.8) is 0 Å². The van der Waals surface area contributed by atoms with E-state index in [1.807, 2.05) is 65.4 Å². The van der Waals surface area contributed by atoms with Crippen LogP contribution in [0, 0.1) is 0 Å². The number of hydrogen-bond acceptors (Lipinski definition) is 4. The molecular formula is C24H17ClN4O2. The number of aromatic nitrogens is 3. The SMILES string of the molecule is O=C(Cn1cc(-c2nnc(-c3ccccc3)o2)c2ccccc21)Nc1cccc(Cl)c1. The van der Waals surface area contributed by atoms with E-state index in [4.69, 9.17) is 16.0 Å². The third-order valence-corrected chi connectivity index (χ3v) is 5.12. The second-order valence-corrected chi connectivity index (χ2v) is 7.46. The van der Waals surface area contributed by atoms with Crippen LogP contribution in [0.25, 0.3) is 33.8 Å². The van der Waals surface area contributed by atoms with E-state index in [1.54, 1.807) is 24.3 Å². The molecule has 0 spiro atoms. The van der Waals surface area contributed by atoms with Crippen molar-refractivity contribution in [2.24, 2.45) is 0 Å². The lowest BCUT2D eigenvalue weighted by molar-refractivity contribution is -0.116. The van der Waals surface area contributed by atoms with Crippen molar-refractivity contribution >= 4 is 34.1 Å². The minimum Gasteiger partial charge on any atom is -0.416 e. The molecule has 152 valence electrons. The minimum atomic E-state index is -0.162. The van der Waals surface area contributed by atoms with E-state index in [9.17, 15) is 4.79 Å². The topological polar surface area (TPSA) is 73.0 Å². The Bertz CT molecular complexity index is 1370. The van der Waals surface area contributed by atoms with Crippen molar-refractivity contribution in [2.45, 2.75) is 6.54 Å². The minimum absolute atomic E-state index is 0.132. The average Bonchev–Trinajstić information content (AvgIpc) is 3.40. The first-order chi connectivity index (χ1) is 15.2. The lowest BCUT2D eigenvalue weighted by Crippen LogP contribution is -2.18. The van der Waals surface area contributed by atoms with Gasteiger partial charge in [0, 0.05) is 33.4 Å². The lowest BCUT2D eigenvalue weighted by Gasteiger charge is -2.07. The second kappa shape index (κ2) is 8.08. The van der Waals surface area contributed by atoms with Crippen molar-refractivity contribution in [1.29, 1.82) is 0 Å². The monoisotopic (exact) mass is 428 g/mol. The number of carbonyl (C=O) groups excluding carboxylic acids is 1. The molecular weight excluding hydrogens is 412 g/mol. The number of rotatable bonds is 5. The molecule has 3 aromatic carbocycles. The third kappa shape index (κ3) is 3.93. The van der Waals surface area contributed by atoms with Gasteiger partial charge in [-0.3, -0.25) is 4.79 Å². The Morgan fingerprint density at radius 3 is 2.55 bits per heavy atom. The van der Waals surface area contributed by atoms with Crippen molar-refractivity contribution in [2.75, 3.05) is 5.32 Å². The predicted molar refractivity (Wildman–Crippen MR) is 121 cm³/mol. The Kier molecular flexibility index (Phi) is 4.98. The number of carbonyl (C=O) groups is 1. The summed E-state index contributed by atoms with van der Waals surface area (Å²) < 4.78 is 7.81. The fraction of sp³-hybridized carbons (Fsp3) is 0.0417. The highest BCUT2D eigenvalue weighted by atomic mass is 35.5. The molecule has 5 rings (SSSR count). The molecule has 0 saturated carbocycles. The number of halogens is 1. The fourth-order valence-corrected chi connectivity index (χ4v) is 3.69. The molecule has 7 heteroatoms. The van der Waals surface area contributed by atoms with Gasteiger partial charge in [-0.15, -0.1) is 10.2 Å². The normalized spacial score (nSPS) is 11.0. The highest BCUT2D eigenvalue weighted by Gasteiger charge is 2.17. The van der Waals surface area contributed by atoms with E-state index in [0.29, 0.717) is 22.5 Å². The molecule has 2 heterocycles. The standard InChI is InChI=1S/C24H17ClN4O2/c25-17-9-6-10-18(13-17)26-22(30)15-29-14-20(19-11-4-5-12-21(19)29)24-28-27-23(31-24)16-7-2-1-3-8-16/h1-14H,15H2,(H,26,30). The van der Waals surface area contributed by atoms with E-state index in [2.05, 4.69) is 15.5 Å². The molecule has 0 saturated heterocycles. The number of nitrogens with zero attached hydrogens (tertiary/aromatic N) is 3. The van der Waals surface area contributed by atoms with Crippen LogP contribution >= 0.6 is 11.6 Å². The van der Waals surface area contributed by atoms with Crippen LogP contribution in [-0.2, 0) is 11.3 Å². The molecule has 0 bridgehead atoms. The van der Waals surface area contributed by atoms with E-state index < -0.39 is 0 Å². The number of para-hydroxylation sites is 1. The Morgan fingerprint density at radius 2 is 1.71 bits per heavy atom. The van der Waals surface area contributed by atoms with Crippen LogP contribution in [0.15, 0.2) is 89.5 Å². The molecule has 31 heavy (non-hydrogen) atoms. The van der Waals surface area contributed by atoms with Gasteiger partial charge in [-0.1, -0.05) is 54.1 Å². The van der Waals surface area contributed by atoms with Crippen LogP contribution in [0.5, 0.6) is 0 Å². The second-order valence-electron chi connectivity index (χ2n) is 7.02. The summed E-state index contributed by atoms with van der Waals surface area (Å²) >= 11 is 6.00. The number of amides is 1. The molecule has 0 unspecified atom stereocenters. The summed E-state index contributed by atoms with van der Waals surface area (Å²) in [5, 5.41) is 12.8. The van der Waals surface area contributed by atoms with E-state index >= 15 is 0 Å². The average molecular weight is 429 g/mol. The largest absolute Gasteiger partial charge is 0.416 e. The number of fused-ring (bicyclic) bond motifs is 1. The molecule has 6 nitrogen and oxygen atoms in total. The smallest absolute Gasteiger partial charge is 0.250 e. The highest BCUT2D eigenvalue weighted by molar-refractivity contribution is 6.30. The zero-order valence-electron chi connectivity index (χ0n) is 16.3. The Hall–Kier alpha value is -3.90. The van der Waals surface area contributed by atoms with Crippen LogP contribution in [0.4, 0.5) is 5.69 Å². The van der Waals surface area contributed by atoms with Gasteiger partial charge in [0.25, 0.3) is 0 Å². The molecule has 0 fully saturated rings. The van der Waals surface area contributed by atoms with Crippen molar-refractivity contribution < 1.29 is 9.21 Å². The summed E-state index contributed by atoms with van der Waals surface area (Å²) in [6, 6.07) is 24.5. The molecule has 1 amide bonds. The lowest BCUT2D eigenvalue weighted by atomic mass is 10.2. The summed E-state index contributed by atoms with van der Waals surface area (Å²) in [6.45, 7) is 0.132. The first kappa shape index (κ1) is 19.1. The maximum absolute atomic E-state index is 12.6. The first-order valence-corrected chi connectivity index (χ1v) is 10.1. The summed E-state index contributed by atoms with van der Waals surface area (Å²) in [5.41, 5.74) is 3.18. The molecule has 0 atom stereocenters. The zero-order valence-corrected chi connectivity index (χ0v) is 17.1. The van der Waals surface area contributed by atoms with Crippen LogP contribution in [0.2, 0.25) is 5.02 Å². The zero-order chi connectivity index (χ0) is 21.2. The third-order valence-electron chi connectivity index (χ3n) is 4.89. The van der Waals surface area contributed by atoms with Crippen molar-refractivity contribution in [3.05, 3.63) is 90.1 Å². The van der Waals surface area contributed by atoms with Gasteiger partial charge >= 0.3 is 0 Å². The summed E-state index contributed by atoms with van der Waals surface area (Å²) in [7, 11) is 0. The Balaban J connectivity index is 1.46. The van der Waals surface area contributed by atoms with Gasteiger partial charge in [-0.05, 0) is 36.4 Å². The van der Waals surface area contributed by atoms with Crippen LogP contribution in [-0.4, -0.2) is 20.7 Å². The van der Waals surface area contributed by atoms with Crippen molar-refractivity contribution in [1.82, 2.24) is 14.8 Å². The van der Waals surface area contributed by atoms with Gasteiger partial charge < -0.3 is 14.3 Å². The van der Waals surface area contributed by atoms with Crippen LogP contribution in [0.3, 0.4) is 0 Å². The van der Waals surface area contributed by atoms with Gasteiger partial charge in [0.15, 0.2) is 0 Å². The molecule has 0 aliphatic heterocycles. The van der Waals surface area contributed by atoms with Gasteiger partial charge in [0.05, 0.1) is 5.56 Å². The molecule has 0 aliphatic carbocycles. The van der Waals surface area contributed by atoms with E-state index in [1.165, 1.54) is 0 Å². The summed E-state index contributed by atoms with van der Waals surface area (Å²) in [5.74, 6) is 0.695. The predicted octanol–water partition coefficient (Wildman–Crippen LogP) is 5.65. The fourth-order valence-electron chi connectivity index (χ4n) is 3.50. The van der Waals surface area contributed by atoms with Gasteiger partial charge in [-0.2, -0.15) is 0 Å². The maximum atomic E-state index is 12.6. The molecule has 2 aromatic heterocycles. The van der Waals surface area contributed by atoms with Crippen LogP contribution in [0.1, 0.15) is 0 Å². The molecule has 0 aliphatic rings. The molecule has 1 N–H and O–H groups in total. The number of benzene rings is 3. The number of hydrogen-bond donors (Lipinski definition) is 1. The Morgan fingerprint density at radius 1 is 0.935 bits per heavy atom. The maximum Gasteiger partial charge on any atom is 0.250 e. The van der Waals surface area contributed by atoms with Gasteiger partial charge in [0.2, 0.25) is 17.7 Å². The van der Waals surface area contributed by atoms with Gasteiger partial charge in [-0.25, -0.2) is 0 Å². The molecule has 0 radical (unpaired) electrons. The summed E-state index contributed by atoms with van der Waals surface area (Å²) in [6.07, 6.45) is 1.87. The van der Waals surface area contributed by atoms with E-state index in [0.717, 1.165) is 22.0 Å². The van der Waals surface area contributed by atoms with E-state index in [-0.39, 0.29) is 12.5 Å². The molecule has 5 aromatic rings.